The van der Waals surface area contributed by atoms with Crippen molar-refractivity contribution in [1.82, 2.24) is 0 Å². The summed E-state index contributed by atoms with van der Waals surface area (Å²) in [6, 6.07) is 21.6. The monoisotopic (exact) mass is 552 g/mol. The van der Waals surface area contributed by atoms with Crippen LogP contribution in [0.4, 0.5) is 0 Å². The molecule has 0 fully saturated rings. The molecule has 1 aliphatic carbocycles. The van der Waals surface area contributed by atoms with Crippen LogP contribution < -0.4 is 24.8 Å². The standard InChI is InChI=1S/C16H13.C11H13NSi.2ClH.Zr/c1-12-10-14-8-5-9-15(16(14)11-12)13-6-3-2-4-7-13;1-6-5-8-9(12-6)11-7(2)10(8)13(11,3)4;;;/h2-11H,1H3;5H,1-4H3;2*1H;/q-1;;;;+3/p-2. The van der Waals surface area contributed by atoms with Crippen LogP contribution in [0.25, 0.3) is 21.9 Å². The molecule has 0 unspecified atom stereocenters. The van der Waals surface area contributed by atoms with Crippen LogP contribution in [0.3, 0.4) is 0 Å². The third-order valence-corrected chi connectivity index (χ3v) is 10.1. The molecule has 0 saturated carbocycles. The third kappa shape index (κ3) is 4.14. The third-order valence-electron chi connectivity index (χ3n) is 6.38. The van der Waals surface area contributed by atoms with Crippen LogP contribution >= 0.6 is 0 Å². The molecule has 0 amide bonds. The zero-order valence-corrected chi connectivity index (χ0v) is 24.0. The van der Waals surface area contributed by atoms with Gasteiger partial charge in [0, 0.05) is 11.3 Å². The number of allylic oxidation sites excluding steroid dienone is 4. The van der Waals surface area contributed by atoms with Crippen molar-refractivity contribution < 1.29 is 51.0 Å². The molecule has 1 nitrogen and oxygen atoms in total. The second-order valence-corrected chi connectivity index (χ2v) is 13.1. The fourth-order valence-electron chi connectivity index (χ4n) is 5.32. The first kappa shape index (κ1) is 26.9. The van der Waals surface area contributed by atoms with Gasteiger partial charge in [-0.15, -0.1) is 34.5 Å². The number of halogens is 2. The molecular weight excluding hydrogens is 529 g/mol. The molecule has 3 heterocycles. The molecule has 0 saturated heterocycles. The Labute approximate surface area is 223 Å². The van der Waals surface area contributed by atoms with Crippen molar-refractivity contribution in [3.63, 3.8) is 0 Å². The van der Waals surface area contributed by atoms with E-state index in [1.807, 2.05) is 0 Å². The molecule has 0 atom stereocenters. The van der Waals surface area contributed by atoms with Crippen LogP contribution in [-0.2, 0) is 26.2 Å². The summed E-state index contributed by atoms with van der Waals surface area (Å²) in [7, 11) is -1.15. The minimum absolute atomic E-state index is 0. The first-order valence-electron chi connectivity index (χ1n) is 10.3. The Bertz CT molecular complexity index is 1290. The van der Waals surface area contributed by atoms with E-state index < -0.39 is 8.07 Å². The summed E-state index contributed by atoms with van der Waals surface area (Å²) in [6.07, 6.45) is 2.25. The van der Waals surface area contributed by atoms with E-state index in [4.69, 9.17) is 0 Å². The number of aliphatic imine (C=N–C) groups is 1. The molecule has 2 bridgehead atoms. The molecule has 32 heavy (non-hydrogen) atoms. The molecule has 1 radical (unpaired) electrons. The van der Waals surface area contributed by atoms with E-state index in [1.165, 1.54) is 50.0 Å². The van der Waals surface area contributed by atoms with Gasteiger partial charge in [0.25, 0.3) is 0 Å². The van der Waals surface area contributed by atoms with Gasteiger partial charge in [-0.1, -0.05) is 62.0 Å². The van der Waals surface area contributed by atoms with E-state index in [1.54, 1.807) is 10.4 Å². The van der Waals surface area contributed by atoms with E-state index >= 15 is 0 Å². The maximum Gasteiger partial charge on any atom is 3.00 e. The normalized spacial score (nSPS) is 16.5. The minimum atomic E-state index is -1.15. The van der Waals surface area contributed by atoms with Gasteiger partial charge < -0.3 is 24.8 Å². The van der Waals surface area contributed by atoms with E-state index in [9.17, 15) is 0 Å². The van der Waals surface area contributed by atoms with Crippen LogP contribution in [0.5, 0.6) is 0 Å². The van der Waals surface area contributed by atoms with Crippen LogP contribution in [0.2, 0.25) is 13.1 Å². The Morgan fingerprint density at radius 3 is 2.16 bits per heavy atom. The summed E-state index contributed by atoms with van der Waals surface area (Å²) in [6.45, 7) is 11.3. The summed E-state index contributed by atoms with van der Waals surface area (Å²) >= 11 is 0. The van der Waals surface area contributed by atoms with Crippen molar-refractivity contribution in [2.45, 2.75) is 33.9 Å². The number of benzene rings is 2. The van der Waals surface area contributed by atoms with Crippen LogP contribution in [0.1, 0.15) is 19.4 Å². The molecule has 3 aliphatic heterocycles. The molecule has 4 aliphatic rings. The van der Waals surface area contributed by atoms with Crippen LogP contribution in [-0.4, -0.2) is 13.8 Å². The first-order chi connectivity index (χ1) is 13.9. The van der Waals surface area contributed by atoms with Gasteiger partial charge in [0.05, 0.1) is 5.70 Å². The van der Waals surface area contributed by atoms with Crippen molar-refractivity contribution >= 4 is 24.6 Å². The van der Waals surface area contributed by atoms with E-state index in [-0.39, 0.29) is 51.0 Å². The quantitative estimate of drug-likeness (QED) is 0.318. The molecule has 3 aromatic carbocycles. The Hall–Kier alpha value is -1.38. The molecule has 5 heteroatoms. The molecule has 0 N–H and O–H groups in total. The van der Waals surface area contributed by atoms with E-state index in [2.05, 4.69) is 106 Å². The predicted molar refractivity (Wildman–Crippen MR) is 128 cm³/mol. The second-order valence-electron chi connectivity index (χ2n) is 8.87. The van der Waals surface area contributed by atoms with Crippen molar-refractivity contribution in [2.24, 2.45) is 4.99 Å². The topological polar surface area (TPSA) is 12.4 Å². The zero-order chi connectivity index (χ0) is 20.3. The summed E-state index contributed by atoms with van der Waals surface area (Å²) in [4.78, 5) is 4.62. The van der Waals surface area contributed by atoms with Crippen LogP contribution in [0, 0.1) is 6.92 Å². The van der Waals surface area contributed by atoms with Gasteiger partial charge >= 0.3 is 26.2 Å². The average molecular weight is 555 g/mol. The van der Waals surface area contributed by atoms with Crippen molar-refractivity contribution in [2.75, 3.05) is 0 Å². The summed E-state index contributed by atoms with van der Waals surface area (Å²) < 4.78 is 0. The summed E-state index contributed by atoms with van der Waals surface area (Å²) in [5.74, 6) is 0. The van der Waals surface area contributed by atoms with Gasteiger partial charge in [-0.2, -0.15) is 6.07 Å². The minimum Gasteiger partial charge on any atom is -1.00 e. The number of hydrogen-bond acceptors (Lipinski definition) is 1. The number of aryl methyl sites for hydroxylation is 1. The summed E-state index contributed by atoms with van der Waals surface area (Å²) in [5.41, 5.74) is 9.44. The summed E-state index contributed by atoms with van der Waals surface area (Å²) in [5, 5.41) is 5.97. The van der Waals surface area contributed by atoms with Gasteiger partial charge in [-0.3, -0.25) is 4.99 Å². The van der Waals surface area contributed by atoms with Gasteiger partial charge in [0.2, 0.25) is 0 Å². The van der Waals surface area contributed by atoms with Crippen LogP contribution in [0.15, 0.2) is 99.0 Å². The van der Waals surface area contributed by atoms with Crippen molar-refractivity contribution in [1.29, 1.82) is 0 Å². The van der Waals surface area contributed by atoms with E-state index in [0.29, 0.717) is 0 Å². The largest absolute Gasteiger partial charge is 3.00 e. The predicted octanol–water partition coefficient (Wildman–Crippen LogP) is 1.31. The smallest absolute Gasteiger partial charge is 1.00 e. The molecule has 7 rings (SSSR count). The molecule has 0 spiro atoms. The number of fused-ring (bicyclic) bond motifs is 1. The Morgan fingerprint density at radius 1 is 0.844 bits per heavy atom. The van der Waals surface area contributed by atoms with Crippen molar-refractivity contribution in [3.8, 4) is 11.1 Å². The van der Waals surface area contributed by atoms with Crippen molar-refractivity contribution in [3.05, 3.63) is 99.5 Å². The molecule has 0 aromatic heterocycles. The van der Waals surface area contributed by atoms with Gasteiger partial charge in [-0.25, -0.2) is 0 Å². The Balaban J connectivity index is 0.000000211. The second kappa shape index (κ2) is 9.85. The Morgan fingerprint density at radius 2 is 1.53 bits per heavy atom. The fourth-order valence-corrected chi connectivity index (χ4v) is 9.15. The first-order valence-corrected chi connectivity index (χ1v) is 13.3. The maximum atomic E-state index is 4.62. The average Bonchev–Trinajstić information content (AvgIpc) is 3.36. The molecule has 3 aromatic rings. The number of rotatable bonds is 1. The van der Waals surface area contributed by atoms with Gasteiger partial charge in [0.15, 0.2) is 0 Å². The number of hydrogen-bond donors (Lipinski definition) is 0. The molecular formula is C27H26Cl2NSiZr. The maximum absolute atomic E-state index is 4.62. The molecule has 161 valence electrons. The fraction of sp³-hybridized carbons (Fsp3) is 0.185. The number of nitrogens with zero attached hydrogens (tertiary/aromatic N) is 1. The van der Waals surface area contributed by atoms with E-state index in [0.717, 1.165) is 0 Å². The SMILES string of the molecule is CC1=NC2=C3C(C)=C(C2=C1)[Si]3(C)C.Cc1cc2c(-c3ccccc3)cccc2[cH-]1.[Cl-].[Cl-].[Zr+3]. The van der Waals surface area contributed by atoms with Gasteiger partial charge in [0.1, 0.15) is 8.07 Å². The Kier molecular flexibility index (Phi) is 8.27. The zero-order valence-electron chi connectivity index (χ0n) is 19.1. The van der Waals surface area contributed by atoms with Gasteiger partial charge in [-0.05, 0) is 41.5 Å².